The van der Waals surface area contributed by atoms with Gasteiger partial charge in [0.15, 0.2) is 0 Å². The average molecular weight is 346 g/mol. The minimum Gasteiger partial charge on any atom is -0.465 e. The molecule has 26 heavy (non-hydrogen) atoms. The molecule has 0 atom stereocenters. The molecule has 0 N–H and O–H groups in total. The van der Waals surface area contributed by atoms with Crippen molar-refractivity contribution in [2.75, 3.05) is 0 Å². The third-order valence-electron chi connectivity index (χ3n) is 4.01. The van der Waals surface area contributed by atoms with Crippen LogP contribution in [-0.2, 0) is 16.1 Å². The Hall–Kier alpha value is -3.60. The summed E-state index contributed by atoms with van der Waals surface area (Å²) in [5, 5.41) is 2.72. The summed E-state index contributed by atoms with van der Waals surface area (Å²) in [6, 6.07) is 16.2. The zero-order chi connectivity index (χ0) is 17.9. The fourth-order valence-electron chi connectivity index (χ4n) is 2.87. The standard InChI is InChI=1S/C21H14O5/c22-19(10-8-16-5-3-11-24-16)25-13-15-12-20(23)26-18-9-7-14-4-1-2-6-17(14)21(15)18/h1-12H,13H2. The van der Waals surface area contributed by atoms with Gasteiger partial charge < -0.3 is 13.6 Å². The van der Waals surface area contributed by atoms with E-state index in [2.05, 4.69) is 0 Å². The Balaban J connectivity index is 1.66. The van der Waals surface area contributed by atoms with Gasteiger partial charge in [-0.3, -0.25) is 0 Å². The monoisotopic (exact) mass is 346 g/mol. The Kier molecular flexibility index (Phi) is 4.11. The summed E-state index contributed by atoms with van der Waals surface area (Å²) in [5.41, 5.74) is 0.589. The van der Waals surface area contributed by atoms with Crippen LogP contribution in [0.1, 0.15) is 11.3 Å². The largest absolute Gasteiger partial charge is 0.465 e. The molecule has 4 rings (SSSR count). The Bertz CT molecular complexity index is 1170. The number of ether oxygens (including phenoxy) is 1. The van der Waals surface area contributed by atoms with Gasteiger partial charge >= 0.3 is 11.6 Å². The van der Waals surface area contributed by atoms with Gasteiger partial charge in [-0.2, -0.15) is 0 Å². The number of esters is 1. The van der Waals surface area contributed by atoms with E-state index in [0.29, 0.717) is 16.9 Å². The highest BCUT2D eigenvalue weighted by Crippen LogP contribution is 2.27. The quantitative estimate of drug-likeness (QED) is 0.238. The highest BCUT2D eigenvalue weighted by Gasteiger charge is 2.11. The molecular formula is C21H14O5. The van der Waals surface area contributed by atoms with Crippen LogP contribution in [0.4, 0.5) is 0 Å². The predicted octanol–water partition coefficient (Wildman–Crippen LogP) is 4.30. The van der Waals surface area contributed by atoms with Crippen LogP contribution in [0.5, 0.6) is 0 Å². The van der Waals surface area contributed by atoms with Crippen LogP contribution in [0.25, 0.3) is 27.8 Å². The van der Waals surface area contributed by atoms with Gasteiger partial charge in [-0.05, 0) is 35.0 Å². The summed E-state index contributed by atoms with van der Waals surface area (Å²) < 4.78 is 15.7. The van der Waals surface area contributed by atoms with Gasteiger partial charge in [-0.1, -0.05) is 30.3 Å². The lowest BCUT2D eigenvalue weighted by Gasteiger charge is -2.08. The van der Waals surface area contributed by atoms with Crippen molar-refractivity contribution in [3.63, 3.8) is 0 Å². The molecular weight excluding hydrogens is 332 g/mol. The van der Waals surface area contributed by atoms with Crippen LogP contribution >= 0.6 is 0 Å². The van der Waals surface area contributed by atoms with Gasteiger partial charge in [0.2, 0.25) is 0 Å². The molecule has 0 aliphatic heterocycles. The molecule has 128 valence electrons. The van der Waals surface area contributed by atoms with Gasteiger partial charge in [0.1, 0.15) is 18.0 Å². The minimum atomic E-state index is -0.525. The van der Waals surface area contributed by atoms with Gasteiger partial charge in [0, 0.05) is 23.1 Å². The number of rotatable bonds is 4. The molecule has 0 amide bonds. The molecule has 0 radical (unpaired) electrons. The molecule has 2 aromatic carbocycles. The molecule has 0 fully saturated rings. The number of hydrogen-bond acceptors (Lipinski definition) is 5. The zero-order valence-corrected chi connectivity index (χ0v) is 13.7. The molecule has 0 aliphatic carbocycles. The molecule has 2 heterocycles. The van der Waals surface area contributed by atoms with E-state index in [1.807, 2.05) is 30.3 Å². The van der Waals surface area contributed by atoms with E-state index in [0.717, 1.165) is 16.2 Å². The van der Waals surface area contributed by atoms with E-state index in [9.17, 15) is 9.59 Å². The second-order valence-corrected chi connectivity index (χ2v) is 5.71. The molecule has 0 bridgehead atoms. The molecule has 5 heteroatoms. The van der Waals surface area contributed by atoms with Crippen LogP contribution in [-0.4, -0.2) is 5.97 Å². The average Bonchev–Trinajstić information content (AvgIpc) is 3.17. The Labute approximate surface area is 148 Å². The molecule has 0 unspecified atom stereocenters. The lowest BCUT2D eigenvalue weighted by atomic mass is 10.0. The van der Waals surface area contributed by atoms with E-state index >= 15 is 0 Å². The molecule has 0 aliphatic rings. The number of carbonyl (C=O) groups excluding carboxylic acids is 1. The summed E-state index contributed by atoms with van der Waals surface area (Å²) in [4.78, 5) is 23.8. The van der Waals surface area contributed by atoms with E-state index < -0.39 is 11.6 Å². The third kappa shape index (κ3) is 3.15. The summed E-state index contributed by atoms with van der Waals surface area (Å²) in [5.74, 6) is 0.0294. The Morgan fingerprint density at radius 2 is 1.96 bits per heavy atom. The van der Waals surface area contributed by atoms with Crippen molar-refractivity contribution in [1.29, 1.82) is 0 Å². The summed E-state index contributed by atoms with van der Waals surface area (Å²) in [6.45, 7) is -0.0303. The van der Waals surface area contributed by atoms with E-state index in [4.69, 9.17) is 13.6 Å². The highest BCUT2D eigenvalue weighted by molar-refractivity contribution is 6.07. The minimum absolute atomic E-state index is 0.0303. The molecule has 0 saturated carbocycles. The van der Waals surface area contributed by atoms with Crippen molar-refractivity contribution in [3.05, 3.63) is 88.7 Å². The maximum atomic E-state index is 11.9. The van der Waals surface area contributed by atoms with Gasteiger partial charge in [-0.25, -0.2) is 9.59 Å². The topological polar surface area (TPSA) is 69.7 Å². The number of benzene rings is 2. The predicted molar refractivity (Wildman–Crippen MR) is 97.5 cm³/mol. The Morgan fingerprint density at radius 1 is 1.08 bits per heavy atom. The first kappa shape index (κ1) is 15.9. The van der Waals surface area contributed by atoms with Crippen molar-refractivity contribution in [1.82, 2.24) is 0 Å². The van der Waals surface area contributed by atoms with Crippen LogP contribution in [0, 0.1) is 0 Å². The lowest BCUT2D eigenvalue weighted by Crippen LogP contribution is -2.06. The van der Waals surface area contributed by atoms with Crippen molar-refractivity contribution in [3.8, 4) is 0 Å². The first-order valence-corrected chi connectivity index (χ1v) is 8.03. The SMILES string of the molecule is O=C(C=Cc1ccco1)OCc1cc(=O)oc2ccc3ccccc3c12. The van der Waals surface area contributed by atoms with Crippen molar-refractivity contribution in [2.45, 2.75) is 6.61 Å². The number of fused-ring (bicyclic) bond motifs is 3. The third-order valence-corrected chi connectivity index (χ3v) is 4.01. The van der Waals surface area contributed by atoms with Crippen LogP contribution < -0.4 is 5.63 Å². The smallest absolute Gasteiger partial charge is 0.336 e. The van der Waals surface area contributed by atoms with Crippen LogP contribution in [0.15, 0.2) is 80.6 Å². The van der Waals surface area contributed by atoms with Crippen molar-refractivity contribution in [2.24, 2.45) is 0 Å². The summed E-state index contributed by atoms with van der Waals surface area (Å²) in [7, 11) is 0. The van der Waals surface area contributed by atoms with E-state index in [-0.39, 0.29) is 6.61 Å². The first-order chi connectivity index (χ1) is 12.7. The summed E-state index contributed by atoms with van der Waals surface area (Å²) >= 11 is 0. The molecule has 5 nitrogen and oxygen atoms in total. The molecule has 0 spiro atoms. The van der Waals surface area contributed by atoms with Crippen LogP contribution in [0.3, 0.4) is 0 Å². The highest BCUT2D eigenvalue weighted by atomic mass is 16.5. The van der Waals surface area contributed by atoms with Gasteiger partial charge in [-0.15, -0.1) is 0 Å². The van der Waals surface area contributed by atoms with Crippen molar-refractivity contribution < 1.29 is 18.4 Å². The second-order valence-electron chi connectivity index (χ2n) is 5.71. The number of carbonyl (C=O) groups is 1. The maximum absolute atomic E-state index is 11.9. The van der Waals surface area contributed by atoms with E-state index in [1.165, 1.54) is 24.5 Å². The molecule has 2 aromatic heterocycles. The normalized spacial score (nSPS) is 11.4. The fraction of sp³-hybridized carbons (Fsp3) is 0.0476. The Morgan fingerprint density at radius 3 is 2.81 bits per heavy atom. The number of hydrogen-bond donors (Lipinski definition) is 0. The number of furan rings is 1. The summed E-state index contributed by atoms with van der Waals surface area (Å²) in [6.07, 6.45) is 4.32. The van der Waals surface area contributed by atoms with Gasteiger partial charge in [0.25, 0.3) is 0 Å². The first-order valence-electron chi connectivity index (χ1n) is 8.03. The van der Waals surface area contributed by atoms with Gasteiger partial charge in [0.05, 0.1) is 6.26 Å². The van der Waals surface area contributed by atoms with Crippen molar-refractivity contribution >= 4 is 33.8 Å². The zero-order valence-electron chi connectivity index (χ0n) is 13.7. The fourth-order valence-corrected chi connectivity index (χ4v) is 2.87. The molecule has 4 aromatic rings. The molecule has 0 saturated heterocycles. The second kappa shape index (κ2) is 6.72. The maximum Gasteiger partial charge on any atom is 0.336 e. The van der Waals surface area contributed by atoms with E-state index in [1.54, 1.807) is 18.2 Å². The lowest BCUT2D eigenvalue weighted by molar-refractivity contribution is -0.138. The van der Waals surface area contributed by atoms with Crippen LogP contribution in [0.2, 0.25) is 0 Å².